The molecule has 23 heavy (non-hydrogen) atoms. The Balaban J connectivity index is 1.87. The molecule has 2 amide bonds. The summed E-state index contributed by atoms with van der Waals surface area (Å²) < 4.78 is 1.25. The van der Waals surface area contributed by atoms with E-state index in [0.29, 0.717) is 13.0 Å². The summed E-state index contributed by atoms with van der Waals surface area (Å²) in [7, 11) is 0. The summed E-state index contributed by atoms with van der Waals surface area (Å²) >= 11 is 0. The molecule has 0 saturated carbocycles. The number of carbonyl (C=O) groups is 2. The number of rotatable bonds is 3. The Morgan fingerprint density at radius 1 is 1.30 bits per heavy atom. The SMILES string of the molecule is CC(C(=O)N1CCCCC1C(N)=O)n1nc2c(cc1=O)CCC2. The number of aromatic nitrogens is 2. The van der Waals surface area contributed by atoms with E-state index in [1.807, 2.05) is 0 Å². The van der Waals surface area contributed by atoms with Crippen molar-refractivity contribution in [3.8, 4) is 0 Å². The number of amides is 2. The molecule has 2 atom stereocenters. The lowest BCUT2D eigenvalue weighted by Gasteiger charge is -2.35. The molecule has 1 aliphatic carbocycles. The van der Waals surface area contributed by atoms with Crippen LogP contribution in [0.4, 0.5) is 0 Å². The molecule has 2 heterocycles. The van der Waals surface area contributed by atoms with Gasteiger partial charge >= 0.3 is 0 Å². The maximum Gasteiger partial charge on any atom is 0.267 e. The molecule has 1 saturated heterocycles. The first-order chi connectivity index (χ1) is 11.0. The van der Waals surface area contributed by atoms with E-state index in [4.69, 9.17) is 5.73 Å². The van der Waals surface area contributed by atoms with E-state index in [1.165, 1.54) is 9.58 Å². The number of nitrogens with zero attached hydrogens (tertiary/aromatic N) is 3. The number of fused-ring (bicyclic) bond motifs is 1. The van der Waals surface area contributed by atoms with E-state index in [0.717, 1.165) is 43.4 Å². The minimum Gasteiger partial charge on any atom is -0.368 e. The fraction of sp³-hybridized carbons (Fsp3) is 0.625. The Hall–Kier alpha value is -2.18. The van der Waals surface area contributed by atoms with Crippen LogP contribution >= 0.6 is 0 Å². The second-order valence-corrected chi connectivity index (χ2v) is 6.37. The molecule has 0 radical (unpaired) electrons. The van der Waals surface area contributed by atoms with Crippen LogP contribution in [-0.4, -0.2) is 39.1 Å². The second-order valence-electron chi connectivity index (χ2n) is 6.37. The fourth-order valence-corrected chi connectivity index (χ4v) is 3.53. The van der Waals surface area contributed by atoms with Crippen molar-refractivity contribution in [2.75, 3.05) is 6.54 Å². The summed E-state index contributed by atoms with van der Waals surface area (Å²) in [6, 6.07) is 0.276. The van der Waals surface area contributed by atoms with E-state index in [-0.39, 0.29) is 11.5 Å². The van der Waals surface area contributed by atoms with Crippen molar-refractivity contribution in [3.63, 3.8) is 0 Å². The van der Waals surface area contributed by atoms with Crippen molar-refractivity contribution in [1.29, 1.82) is 0 Å². The van der Waals surface area contributed by atoms with Gasteiger partial charge in [0.2, 0.25) is 11.8 Å². The Morgan fingerprint density at radius 3 is 2.83 bits per heavy atom. The maximum atomic E-state index is 12.8. The Kier molecular flexibility index (Phi) is 4.19. The van der Waals surface area contributed by atoms with Crippen LogP contribution in [-0.2, 0) is 22.4 Å². The van der Waals surface area contributed by atoms with Gasteiger partial charge in [0.15, 0.2) is 0 Å². The lowest BCUT2D eigenvalue weighted by atomic mass is 10.0. The third-order valence-electron chi connectivity index (χ3n) is 4.82. The van der Waals surface area contributed by atoms with Crippen LogP contribution in [0.25, 0.3) is 0 Å². The Morgan fingerprint density at radius 2 is 2.09 bits per heavy atom. The van der Waals surface area contributed by atoms with Gasteiger partial charge < -0.3 is 10.6 Å². The summed E-state index contributed by atoms with van der Waals surface area (Å²) in [5.74, 6) is -0.749. The summed E-state index contributed by atoms with van der Waals surface area (Å²) in [6.07, 6.45) is 5.00. The largest absolute Gasteiger partial charge is 0.368 e. The number of primary amides is 1. The van der Waals surface area contributed by atoms with E-state index >= 15 is 0 Å². The molecule has 0 spiro atoms. The minimum absolute atomic E-state index is 0.263. The molecule has 1 fully saturated rings. The van der Waals surface area contributed by atoms with Crippen molar-refractivity contribution in [3.05, 3.63) is 27.7 Å². The first-order valence-electron chi connectivity index (χ1n) is 8.20. The Labute approximate surface area is 134 Å². The standard InChI is InChI=1S/C16H22N4O3/c1-10(16(23)19-8-3-2-7-13(19)15(17)22)20-14(21)9-11-5-4-6-12(11)18-20/h9-10,13H,2-8H2,1H3,(H2,17,22). The summed E-state index contributed by atoms with van der Waals surface area (Å²) in [5, 5.41) is 4.38. The summed E-state index contributed by atoms with van der Waals surface area (Å²) in [4.78, 5) is 38.1. The van der Waals surface area contributed by atoms with Gasteiger partial charge in [0.05, 0.1) is 5.69 Å². The molecule has 2 N–H and O–H groups in total. The van der Waals surface area contributed by atoms with Crippen LogP contribution in [0.5, 0.6) is 0 Å². The molecule has 124 valence electrons. The first kappa shape index (κ1) is 15.7. The van der Waals surface area contributed by atoms with Gasteiger partial charge in [-0.1, -0.05) is 0 Å². The number of nitrogens with two attached hydrogens (primary N) is 1. The van der Waals surface area contributed by atoms with Gasteiger partial charge in [-0.05, 0) is 51.0 Å². The predicted octanol–water partition coefficient (Wildman–Crippen LogP) is 0.159. The van der Waals surface area contributed by atoms with Crippen LogP contribution in [0, 0.1) is 0 Å². The lowest BCUT2D eigenvalue weighted by molar-refractivity contribution is -0.143. The molecule has 0 aromatic carbocycles. The van der Waals surface area contributed by atoms with Crippen molar-refractivity contribution >= 4 is 11.8 Å². The molecular formula is C16H22N4O3. The zero-order chi connectivity index (χ0) is 16.6. The number of hydrogen-bond donors (Lipinski definition) is 1. The van der Waals surface area contributed by atoms with Gasteiger partial charge in [0.1, 0.15) is 12.1 Å². The van der Waals surface area contributed by atoms with E-state index < -0.39 is 18.0 Å². The van der Waals surface area contributed by atoms with Crippen molar-refractivity contribution in [2.45, 2.75) is 57.5 Å². The highest BCUT2D eigenvalue weighted by molar-refractivity contribution is 5.88. The second kappa shape index (κ2) is 6.14. The number of piperidine rings is 1. The number of carbonyl (C=O) groups excluding carboxylic acids is 2. The molecule has 3 rings (SSSR count). The average molecular weight is 318 g/mol. The quantitative estimate of drug-likeness (QED) is 0.858. The van der Waals surface area contributed by atoms with Crippen LogP contribution in [0.1, 0.15) is 49.9 Å². The molecular weight excluding hydrogens is 296 g/mol. The lowest BCUT2D eigenvalue weighted by Crippen LogP contribution is -2.53. The third-order valence-corrected chi connectivity index (χ3v) is 4.82. The molecule has 1 aliphatic heterocycles. The highest BCUT2D eigenvalue weighted by Crippen LogP contribution is 2.22. The van der Waals surface area contributed by atoms with Crippen LogP contribution < -0.4 is 11.3 Å². The maximum absolute atomic E-state index is 12.8. The normalized spacial score (nSPS) is 21.8. The zero-order valence-electron chi connectivity index (χ0n) is 13.3. The highest BCUT2D eigenvalue weighted by Gasteiger charge is 2.34. The summed E-state index contributed by atoms with van der Waals surface area (Å²) in [5.41, 5.74) is 7.04. The highest BCUT2D eigenvalue weighted by atomic mass is 16.2. The molecule has 2 unspecified atom stereocenters. The molecule has 1 aromatic rings. The van der Waals surface area contributed by atoms with Crippen LogP contribution in [0.2, 0.25) is 0 Å². The van der Waals surface area contributed by atoms with Crippen molar-refractivity contribution in [1.82, 2.24) is 14.7 Å². The van der Waals surface area contributed by atoms with Gasteiger partial charge in [-0.15, -0.1) is 0 Å². The fourth-order valence-electron chi connectivity index (χ4n) is 3.53. The van der Waals surface area contributed by atoms with E-state index in [2.05, 4.69) is 5.10 Å². The van der Waals surface area contributed by atoms with Gasteiger partial charge in [-0.3, -0.25) is 14.4 Å². The minimum atomic E-state index is -0.728. The molecule has 2 aliphatic rings. The van der Waals surface area contributed by atoms with Crippen LogP contribution in [0.15, 0.2) is 10.9 Å². The first-order valence-corrected chi connectivity index (χ1v) is 8.20. The third kappa shape index (κ3) is 2.87. The van der Waals surface area contributed by atoms with Crippen molar-refractivity contribution in [2.24, 2.45) is 5.73 Å². The zero-order valence-corrected chi connectivity index (χ0v) is 13.3. The van der Waals surface area contributed by atoms with Gasteiger partial charge in [-0.2, -0.15) is 5.10 Å². The van der Waals surface area contributed by atoms with Gasteiger partial charge in [0.25, 0.3) is 5.56 Å². The topological polar surface area (TPSA) is 98.3 Å². The molecule has 0 bridgehead atoms. The smallest absolute Gasteiger partial charge is 0.267 e. The number of aryl methyl sites for hydroxylation is 2. The summed E-state index contributed by atoms with van der Waals surface area (Å²) in [6.45, 7) is 2.15. The molecule has 7 heteroatoms. The molecule has 7 nitrogen and oxygen atoms in total. The number of hydrogen-bond acceptors (Lipinski definition) is 4. The monoisotopic (exact) mass is 318 g/mol. The average Bonchev–Trinajstić information content (AvgIpc) is 2.99. The number of likely N-dealkylation sites (tertiary alicyclic amines) is 1. The predicted molar refractivity (Wildman–Crippen MR) is 83.8 cm³/mol. The van der Waals surface area contributed by atoms with Crippen molar-refractivity contribution < 1.29 is 9.59 Å². The molecule has 1 aromatic heterocycles. The van der Waals surface area contributed by atoms with Crippen LogP contribution in [0.3, 0.4) is 0 Å². The van der Waals surface area contributed by atoms with E-state index in [9.17, 15) is 14.4 Å². The van der Waals surface area contributed by atoms with Gasteiger partial charge in [0, 0.05) is 12.6 Å². The van der Waals surface area contributed by atoms with E-state index in [1.54, 1.807) is 13.0 Å². The Bertz CT molecular complexity index is 697. The van der Waals surface area contributed by atoms with Gasteiger partial charge in [-0.25, -0.2) is 4.68 Å².